The first-order chi connectivity index (χ1) is 10.6. The molecule has 4 nitrogen and oxygen atoms in total. The Hall–Kier alpha value is -1.62. The Morgan fingerprint density at radius 3 is 2.64 bits per heavy atom. The molecule has 0 aliphatic heterocycles. The first kappa shape index (κ1) is 16.7. The smallest absolute Gasteiger partial charge is 0.141 e. The average molecular weight is 342 g/mol. The van der Waals surface area contributed by atoms with Crippen LogP contribution >= 0.6 is 23.2 Å². The van der Waals surface area contributed by atoms with Crippen LogP contribution in [0.5, 0.6) is 11.5 Å². The van der Waals surface area contributed by atoms with Crippen LogP contribution in [0, 0.1) is 0 Å². The maximum absolute atomic E-state index is 9.98. The molecule has 0 heterocycles. The maximum Gasteiger partial charge on any atom is 0.141 e. The number of hydrogen-bond acceptors (Lipinski definition) is 4. The van der Waals surface area contributed by atoms with Gasteiger partial charge in [0, 0.05) is 11.6 Å². The van der Waals surface area contributed by atoms with Gasteiger partial charge in [0.15, 0.2) is 0 Å². The Bertz CT molecular complexity index is 622. The van der Waals surface area contributed by atoms with Gasteiger partial charge in [-0.1, -0.05) is 35.3 Å². The third-order valence-corrected chi connectivity index (χ3v) is 3.49. The van der Waals surface area contributed by atoms with Crippen LogP contribution in [-0.2, 0) is 0 Å². The lowest BCUT2D eigenvalue weighted by molar-refractivity contribution is 0.117. The number of anilines is 1. The molecule has 0 aliphatic rings. The fourth-order valence-electron chi connectivity index (χ4n) is 1.86. The summed E-state index contributed by atoms with van der Waals surface area (Å²) in [6.45, 7) is 0.440. The van der Waals surface area contributed by atoms with Gasteiger partial charge in [-0.15, -0.1) is 0 Å². The van der Waals surface area contributed by atoms with Gasteiger partial charge in [0.05, 0.1) is 17.8 Å². The number of nitrogens with one attached hydrogen (secondary N) is 1. The van der Waals surface area contributed by atoms with Crippen molar-refractivity contribution < 1.29 is 14.6 Å². The van der Waals surface area contributed by atoms with Gasteiger partial charge in [-0.25, -0.2) is 0 Å². The Morgan fingerprint density at radius 2 is 1.91 bits per heavy atom. The van der Waals surface area contributed by atoms with Crippen molar-refractivity contribution in [3.05, 3.63) is 52.5 Å². The predicted molar refractivity (Wildman–Crippen MR) is 89.4 cm³/mol. The van der Waals surface area contributed by atoms with Crippen LogP contribution in [0.25, 0.3) is 0 Å². The fourth-order valence-corrected chi connectivity index (χ4v) is 2.32. The van der Waals surface area contributed by atoms with Gasteiger partial charge >= 0.3 is 0 Å². The predicted octanol–water partition coefficient (Wildman–Crippen LogP) is 3.85. The van der Waals surface area contributed by atoms with E-state index in [1.165, 1.54) is 0 Å². The highest BCUT2D eigenvalue weighted by Gasteiger charge is 2.09. The topological polar surface area (TPSA) is 50.7 Å². The molecule has 0 saturated heterocycles. The molecule has 0 fully saturated rings. The van der Waals surface area contributed by atoms with E-state index in [-0.39, 0.29) is 6.61 Å². The van der Waals surface area contributed by atoms with Crippen molar-refractivity contribution in [1.82, 2.24) is 0 Å². The molecule has 6 heteroatoms. The van der Waals surface area contributed by atoms with E-state index >= 15 is 0 Å². The van der Waals surface area contributed by atoms with Crippen LogP contribution in [0.1, 0.15) is 0 Å². The van der Waals surface area contributed by atoms with Crippen LogP contribution in [0.15, 0.2) is 42.5 Å². The Labute approximate surface area is 139 Å². The van der Waals surface area contributed by atoms with Crippen LogP contribution < -0.4 is 14.8 Å². The summed E-state index contributed by atoms with van der Waals surface area (Å²) >= 11 is 11.8. The molecule has 0 radical (unpaired) electrons. The lowest BCUT2D eigenvalue weighted by atomic mass is 10.2. The number of halogens is 2. The van der Waals surface area contributed by atoms with E-state index in [2.05, 4.69) is 5.32 Å². The molecule has 0 bridgehead atoms. The van der Waals surface area contributed by atoms with Crippen LogP contribution in [0.3, 0.4) is 0 Å². The molecule has 2 N–H and O–H groups in total. The van der Waals surface area contributed by atoms with Crippen molar-refractivity contribution in [1.29, 1.82) is 0 Å². The highest BCUT2D eigenvalue weighted by atomic mass is 35.5. The largest absolute Gasteiger partial charge is 0.495 e. The first-order valence-corrected chi connectivity index (χ1v) is 7.48. The number of rotatable bonds is 7. The second-order valence-corrected chi connectivity index (χ2v) is 5.46. The molecule has 2 aromatic carbocycles. The minimum atomic E-state index is -0.698. The standard InChI is InChI=1S/C16H17Cl2NO3/c1-21-16-5-3-2-4-14(16)19-9-12(20)10-22-15-7-6-11(17)8-13(15)18/h2-8,12,19-20H,9-10H2,1H3/t12-/m0/s1. The lowest BCUT2D eigenvalue weighted by Crippen LogP contribution is -2.26. The summed E-state index contributed by atoms with van der Waals surface area (Å²) in [6, 6.07) is 12.4. The normalized spacial score (nSPS) is 11.8. The van der Waals surface area contributed by atoms with Crippen LogP contribution in [-0.4, -0.2) is 31.5 Å². The minimum Gasteiger partial charge on any atom is -0.495 e. The summed E-state index contributed by atoms with van der Waals surface area (Å²) in [6.07, 6.45) is -0.698. The fraction of sp³-hybridized carbons (Fsp3) is 0.250. The molecule has 1 atom stereocenters. The number of aliphatic hydroxyl groups excluding tert-OH is 1. The number of para-hydroxylation sites is 2. The van der Waals surface area contributed by atoms with Gasteiger partial charge < -0.3 is 19.9 Å². The van der Waals surface area contributed by atoms with E-state index in [0.29, 0.717) is 22.3 Å². The van der Waals surface area contributed by atoms with Gasteiger partial charge in [-0.2, -0.15) is 0 Å². The second kappa shape index (κ2) is 8.13. The van der Waals surface area contributed by atoms with Crippen molar-refractivity contribution in [3.63, 3.8) is 0 Å². The van der Waals surface area contributed by atoms with Crippen molar-refractivity contribution in [2.75, 3.05) is 25.6 Å². The number of hydrogen-bond donors (Lipinski definition) is 2. The first-order valence-electron chi connectivity index (χ1n) is 6.73. The van der Waals surface area contributed by atoms with Crippen LogP contribution in [0.4, 0.5) is 5.69 Å². The molecule has 0 aromatic heterocycles. The zero-order valence-corrected chi connectivity index (χ0v) is 13.6. The van der Waals surface area contributed by atoms with Gasteiger partial charge in [0.1, 0.15) is 24.2 Å². The molecule has 118 valence electrons. The van der Waals surface area contributed by atoms with Gasteiger partial charge in [-0.05, 0) is 30.3 Å². The maximum atomic E-state index is 9.98. The molecule has 0 unspecified atom stereocenters. The van der Waals surface area contributed by atoms with Gasteiger partial charge in [-0.3, -0.25) is 0 Å². The summed E-state index contributed by atoms with van der Waals surface area (Å²) in [4.78, 5) is 0. The molecular weight excluding hydrogens is 325 g/mol. The Kier molecular flexibility index (Phi) is 6.19. The van der Waals surface area contributed by atoms with Gasteiger partial charge in [0.25, 0.3) is 0 Å². The molecule has 0 spiro atoms. The Balaban J connectivity index is 1.84. The highest BCUT2D eigenvalue weighted by molar-refractivity contribution is 6.35. The van der Waals surface area contributed by atoms with Crippen molar-refractivity contribution in [2.45, 2.75) is 6.10 Å². The van der Waals surface area contributed by atoms with Crippen LogP contribution in [0.2, 0.25) is 10.0 Å². The van der Waals surface area contributed by atoms with E-state index in [0.717, 1.165) is 11.4 Å². The minimum absolute atomic E-state index is 0.115. The lowest BCUT2D eigenvalue weighted by Gasteiger charge is -2.16. The van der Waals surface area contributed by atoms with E-state index in [1.54, 1.807) is 25.3 Å². The van der Waals surface area contributed by atoms with E-state index < -0.39 is 6.10 Å². The number of ether oxygens (including phenoxy) is 2. The third-order valence-electron chi connectivity index (χ3n) is 2.96. The quantitative estimate of drug-likeness (QED) is 0.802. The van der Waals surface area contributed by atoms with Crippen molar-refractivity contribution in [2.24, 2.45) is 0 Å². The number of methoxy groups -OCH3 is 1. The van der Waals surface area contributed by atoms with E-state index in [1.807, 2.05) is 24.3 Å². The molecule has 2 rings (SSSR count). The number of benzene rings is 2. The molecule has 2 aromatic rings. The molecular formula is C16H17Cl2NO3. The van der Waals surface area contributed by atoms with Gasteiger partial charge in [0.2, 0.25) is 0 Å². The summed E-state index contributed by atoms with van der Waals surface area (Å²) in [5.74, 6) is 1.21. The average Bonchev–Trinajstić information content (AvgIpc) is 2.52. The highest BCUT2D eigenvalue weighted by Crippen LogP contribution is 2.27. The summed E-state index contributed by atoms with van der Waals surface area (Å²) in [5.41, 5.74) is 0.813. The SMILES string of the molecule is COc1ccccc1NC[C@H](O)COc1ccc(Cl)cc1Cl. The summed E-state index contributed by atoms with van der Waals surface area (Å²) in [5, 5.41) is 14.1. The zero-order valence-electron chi connectivity index (χ0n) is 12.1. The third kappa shape index (κ3) is 4.70. The zero-order chi connectivity index (χ0) is 15.9. The monoisotopic (exact) mass is 341 g/mol. The Morgan fingerprint density at radius 1 is 1.14 bits per heavy atom. The second-order valence-electron chi connectivity index (χ2n) is 4.62. The molecule has 0 saturated carbocycles. The molecule has 22 heavy (non-hydrogen) atoms. The van der Waals surface area contributed by atoms with E-state index in [4.69, 9.17) is 32.7 Å². The molecule has 0 amide bonds. The van der Waals surface area contributed by atoms with E-state index in [9.17, 15) is 5.11 Å². The van der Waals surface area contributed by atoms with Crippen molar-refractivity contribution in [3.8, 4) is 11.5 Å². The number of aliphatic hydroxyl groups is 1. The summed E-state index contributed by atoms with van der Waals surface area (Å²) < 4.78 is 10.7. The summed E-state index contributed by atoms with van der Waals surface area (Å²) in [7, 11) is 1.60. The van der Waals surface area contributed by atoms with Crippen molar-refractivity contribution >= 4 is 28.9 Å². The molecule has 0 aliphatic carbocycles.